The quantitative estimate of drug-likeness (QED) is 0.570. The summed E-state index contributed by atoms with van der Waals surface area (Å²) in [5.74, 6) is 0.765. The fourth-order valence-electron chi connectivity index (χ4n) is 2.52. The molecule has 0 aliphatic rings. The van der Waals surface area contributed by atoms with Gasteiger partial charge in [0.15, 0.2) is 0 Å². The molecule has 0 radical (unpaired) electrons. The molecule has 2 N–H and O–H groups in total. The van der Waals surface area contributed by atoms with E-state index >= 15 is 0 Å². The highest BCUT2D eigenvalue weighted by atomic mass is 32.1. The van der Waals surface area contributed by atoms with Crippen LogP contribution in [0.5, 0.6) is 0 Å². The molecule has 4 rings (SSSR count). The number of pyridine rings is 3. The average molecular weight is 308 g/mol. The van der Waals surface area contributed by atoms with Crippen molar-refractivity contribution in [1.82, 2.24) is 15.0 Å². The van der Waals surface area contributed by atoms with Crippen LogP contribution in [0.1, 0.15) is 5.56 Å². The van der Waals surface area contributed by atoms with Gasteiger partial charge in [-0.1, -0.05) is 0 Å². The number of hydrogen-bond donors (Lipinski definition) is 2. The van der Waals surface area contributed by atoms with Crippen LogP contribution in [0, 0.1) is 0 Å². The van der Waals surface area contributed by atoms with Crippen molar-refractivity contribution in [2.75, 3.05) is 5.32 Å². The molecule has 0 unspecified atom stereocenters. The van der Waals surface area contributed by atoms with E-state index in [9.17, 15) is 4.79 Å². The number of aromatic amines is 1. The summed E-state index contributed by atoms with van der Waals surface area (Å²) in [6.07, 6.45) is 5.04. The lowest BCUT2D eigenvalue weighted by molar-refractivity contribution is 1.14. The van der Waals surface area contributed by atoms with Crippen molar-refractivity contribution in [2.24, 2.45) is 0 Å². The number of nitrogens with zero attached hydrogens (tertiary/aromatic N) is 2. The largest absolute Gasteiger partial charge is 0.365 e. The lowest BCUT2D eigenvalue weighted by Gasteiger charge is -2.10. The van der Waals surface area contributed by atoms with Crippen LogP contribution >= 0.6 is 11.3 Å². The van der Waals surface area contributed by atoms with Gasteiger partial charge in [-0.2, -0.15) is 11.3 Å². The minimum absolute atomic E-state index is 0.146. The number of anilines is 1. The number of aromatic nitrogens is 3. The van der Waals surface area contributed by atoms with E-state index in [1.165, 1.54) is 5.56 Å². The van der Waals surface area contributed by atoms with Gasteiger partial charge >= 0.3 is 0 Å². The minimum Gasteiger partial charge on any atom is -0.365 e. The maximum absolute atomic E-state index is 12.1. The molecule has 0 saturated heterocycles. The predicted molar refractivity (Wildman–Crippen MR) is 89.3 cm³/mol. The van der Waals surface area contributed by atoms with Crippen LogP contribution in [0.15, 0.2) is 52.3 Å². The van der Waals surface area contributed by atoms with Crippen molar-refractivity contribution in [2.45, 2.75) is 6.54 Å². The Kier molecular flexibility index (Phi) is 3.08. The van der Waals surface area contributed by atoms with Crippen molar-refractivity contribution in [1.29, 1.82) is 0 Å². The standard InChI is InChI=1S/C16H12N4OS/c21-16-14-12-8-17-4-1-11(12)15(20-13(14)2-5-18-16)19-7-10-3-6-22-9-10/h1-6,8-9H,7H2,(H,18,21)(H,19,20). The van der Waals surface area contributed by atoms with E-state index in [1.807, 2.05) is 11.4 Å². The Bertz CT molecular complexity index is 1010. The molecule has 4 heterocycles. The first-order valence-electron chi connectivity index (χ1n) is 6.83. The molecule has 0 aliphatic carbocycles. The van der Waals surface area contributed by atoms with E-state index in [1.54, 1.807) is 36.0 Å². The van der Waals surface area contributed by atoms with Crippen molar-refractivity contribution in [3.05, 3.63) is 63.5 Å². The van der Waals surface area contributed by atoms with Crippen molar-refractivity contribution in [3.8, 4) is 0 Å². The van der Waals surface area contributed by atoms with Crippen LogP contribution in [0.3, 0.4) is 0 Å². The van der Waals surface area contributed by atoms with Crippen molar-refractivity contribution >= 4 is 38.8 Å². The second kappa shape index (κ2) is 5.23. The van der Waals surface area contributed by atoms with Crippen LogP contribution in [0.2, 0.25) is 0 Å². The summed E-state index contributed by atoms with van der Waals surface area (Å²) in [7, 11) is 0. The van der Waals surface area contributed by atoms with Gasteiger partial charge in [0.2, 0.25) is 0 Å². The zero-order valence-corrected chi connectivity index (χ0v) is 12.4. The van der Waals surface area contributed by atoms with Gasteiger partial charge in [-0.3, -0.25) is 9.78 Å². The Hall–Kier alpha value is -2.73. The number of fused-ring (bicyclic) bond motifs is 3. The summed E-state index contributed by atoms with van der Waals surface area (Å²) in [6, 6.07) is 5.76. The highest BCUT2D eigenvalue weighted by molar-refractivity contribution is 7.07. The number of rotatable bonds is 3. The zero-order chi connectivity index (χ0) is 14.9. The molecule has 108 valence electrons. The summed E-state index contributed by atoms with van der Waals surface area (Å²) in [5, 5.41) is 9.79. The monoisotopic (exact) mass is 308 g/mol. The smallest absolute Gasteiger partial charge is 0.258 e. The van der Waals surface area contributed by atoms with E-state index in [4.69, 9.17) is 0 Å². The molecule has 0 aliphatic heterocycles. The van der Waals surface area contributed by atoms with Gasteiger partial charge in [-0.15, -0.1) is 0 Å². The van der Waals surface area contributed by atoms with E-state index < -0.39 is 0 Å². The van der Waals surface area contributed by atoms with Gasteiger partial charge in [0.25, 0.3) is 5.56 Å². The molecule has 0 saturated carbocycles. The molecular formula is C16H12N4OS. The van der Waals surface area contributed by atoms with Gasteiger partial charge in [0.05, 0.1) is 10.9 Å². The normalized spacial score (nSPS) is 11.1. The fraction of sp³-hybridized carbons (Fsp3) is 0.0625. The highest BCUT2D eigenvalue weighted by Crippen LogP contribution is 2.26. The summed E-state index contributed by atoms with van der Waals surface area (Å²) in [5.41, 5.74) is 1.73. The first-order chi connectivity index (χ1) is 10.8. The molecule has 0 bridgehead atoms. The third-order valence-electron chi connectivity index (χ3n) is 3.56. The average Bonchev–Trinajstić information content (AvgIpc) is 3.06. The molecule has 0 spiro atoms. The maximum atomic E-state index is 12.1. The van der Waals surface area contributed by atoms with Gasteiger partial charge in [-0.25, -0.2) is 4.98 Å². The topological polar surface area (TPSA) is 70.7 Å². The Balaban J connectivity index is 1.91. The molecule has 4 aromatic rings. The number of thiophene rings is 1. The van der Waals surface area contributed by atoms with Crippen LogP contribution in [-0.2, 0) is 6.54 Å². The molecule has 22 heavy (non-hydrogen) atoms. The Labute approximate surface area is 129 Å². The molecule has 5 nitrogen and oxygen atoms in total. The zero-order valence-electron chi connectivity index (χ0n) is 11.5. The van der Waals surface area contributed by atoms with Gasteiger partial charge in [0.1, 0.15) is 5.82 Å². The number of H-pyrrole nitrogens is 1. The highest BCUT2D eigenvalue weighted by Gasteiger charge is 2.10. The Morgan fingerprint density at radius 2 is 2.18 bits per heavy atom. The van der Waals surface area contributed by atoms with Gasteiger partial charge in [0, 0.05) is 35.9 Å². The van der Waals surface area contributed by atoms with Crippen LogP contribution < -0.4 is 10.9 Å². The fourth-order valence-corrected chi connectivity index (χ4v) is 3.18. The van der Waals surface area contributed by atoms with E-state index in [-0.39, 0.29) is 5.56 Å². The lowest BCUT2D eigenvalue weighted by atomic mass is 10.1. The number of nitrogens with one attached hydrogen (secondary N) is 2. The van der Waals surface area contributed by atoms with Crippen LogP contribution in [0.4, 0.5) is 5.82 Å². The molecule has 0 amide bonds. The van der Waals surface area contributed by atoms with Gasteiger partial charge < -0.3 is 10.3 Å². The molecule has 4 aromatic heterocycles. The van der Waals surface area contributed by atoms with Crippen molar-refractivity contribution in [3.63, 3.8) is 0 Å². The molecule has 6 heteroatoms. The molecule has 0 aromatic carbocycles. The van der Waals surface area contributed by atoms with E-state index in [0.29, 0.717) is 17.4 Å². The second-order valence-electron chi connectivity index (χ2n) is 4.93. The van der Waals surface area contributed by atoms with E-state index in [0.717, 1.165) is 16.6 Å². The summed E-state index contributed by atoms with van der Waals surface area (Å²) in [4.78, 5) is 23.6. The molecule has 0 fully saturated rings. The summed E-state index contributed by atoms with van der Waals surface area (Å²) < 4.78 is 0. The lowest BCUT2D eigenvalue weighted by Crippen LogP contribution is -2.08. The van der Waals surface area contributed by atoms with Crippen LogP contribution in [0.25, 0.3) is 21.7 Å². The van der Waals surface area contributed by atoms with Crippen LogP contribution in [-0.4, -0.2) is 15.0 Å². The number of hydrogen-bond acceptors (Lipinski definition) is 5. The Morgan fingerprint density at radius 3 is 3.05 bits per heavy atom. The van der Waals surface area contributed by atoms with E-state index in [2.05, 4.69) is 31.7 Å². The maximum Gasteiger partial charge on any atom is 0.258 e. The minimum atomic E-state index is -0.146. The van der Waals surface area contributed by atoms with Crippen molar-refractivity contribution < 1.29 is 0 Å². The first-order valence-corrected chi connectivity index (χ1v) is 7.77. The third kappa shape index (κ3) is 2.14. The SMILES string of the molecule is O=c1[nH]ccc2nc(NCc3ccsc3)c3ccncc3c12. The predicted octanol–water partition coefficient (Wildman–Crippen LogP) is 3.14. The molecule has 0 atom stereocenters. The Morgan fingerprint density at radius 1 is 1.23 bits per heavy atom. The third-order valence-corrected chi connectivity index (χ3v) is 4.29. The second-order valence-corrected chi connectivity index (χ2v) is 5.71. The summed E-state index contributed by atoms with van der Waals surface area (Å²) >= 11 is 1.67. The first kappa shape index (κ1) is 13.0. The van der Waals surface area contributed by atoms with Gasteiger partial charge in [-0.05, 0) is 34.5 Å². The molecular weight excluding hydrogens is 296 g/mol. The summed E-state index contributed by atoms with van der Waals surface area (Å²) in [6.45, 7) is 0.697.